The number of nitrogens with zero attached hydrogens (tertiary/aromatic N) is 2. The predicted octanol–water partition coefficient (Wildman–Crippen LogP) is 3.20. The van der Waals surface area contributed by atoms with E-state index in [1.807, 2.05) is 24.3 Å². The summed E-state index contributed by atoms with van der Waals surface area (Å²) in [6.45, 7) is 0.694. The van der Waals surface area contributed by atoms with E-state index in [1.54, 1.807) is 19.4 Å². The molecule has 6 heteroatoms. The van der Waals surface area contributed by atoms with E-state index in [0.29, 0.717) is 18.2 Å². The van der Waals surface area contributed by atoms with Gasteiger partial charge in [-0.1, -0.05) is 31.4 Å². The van der Waals surface area contributed by atoms with E-state index in [-0.39, 0.29) is 11.9 Å². The standard InChI is InChI=1S/C20H26N4O2/c1-26-17-9-7-15(8-10-17)11-13-21-20-22-14-12-18(24-20)19(25)23-16-5-3-2-4-6-16/h7-10,12,14,16H,2-6,11,13H2,1H3,(H,23,25)(H,21,22,24). The van der Waals surface area contributed by atoms with Crippen molar-refractivity contribution in [1.29, 1.82) is 0 Å². The molecular weight excluding hydrogens is 328 g/mol. The van der Waals surface area contributed by atoms with Gasteiger partial charge in [0.05, 0.1) is 7.11 Å². The van der Waals surface area contributed by atoms with Gasteiger partial charge in [0.25, 0.3) is 5.91 Å². The van der Waals surface area contributed by atoms with Crippen molar-refractivity contribution in [2.75, 3.05) is 19.0 Å². The van der Waals surface area contributed by atoms with Crippen molar-refractivity contribution in [3.63, 3.8) is 0 Å². The summed E-state index contributed by atoms with van der Waals surface area (Å²) in [4.78, 5) is 20.9. The number of rotatable bonds is 7. The van der Waals surface area contributed by atoms with Crippen molar-refractivity contribution in [2.24, 2.45) is 0 Å². The third-order valence-corrected chi connectivity index (χ3v) is 4.68. The summed E-state index contributed by atoms with van der Waals surface area (Å²) in [7, 11) is 1.66. The summed E-state index contributed by atoms with van der Waals surface area (Å²) in [6, 6.07) is 9.90. The van der Waals surface area contributed by atoms with Crippen LogP contribution in [0.1, 0.15) is 48.2 Å². The number of nitrogens with one attached hydrogen (secondary N) is 2. The molecule has 1 saturated carbocycles. The van der Waals surface area contributed by atoms with Gasteiger partial charge in [0.2, 0.25) is 5.95 Å². The quantitative estimate of drug-likeness (QED) is 0.798. The first kappa shape index (κ1) is 18.2. The van der Waals surface area contributed by atoms with Crippen LogP contribution < -0.4 is 15.4 Å². The molecule has 0 radical (unpaired) electrons. The third kappa shape index (κ3) is 5.18. The second-order valence-electron chi connectivity index (χ2n) is 6.60. The van der Waals surface area contributed by atoms with Crippen LogP contribution in [-0.2, 0) is 6.42 Å². The van der Waals surface area contributed by atoms with Gasteiger partial charge in [0.15, 0.2) is 0 Å². The first-order valence-electron chi connectivity index (χ1n) is 9.25. The maximum atomic E-state index is 12.4. The van der Waals surface area contributed by atoms with Gasteiger partial charge in [-0.3, -0.25) is 4.79 Å². The Morgan fingerprint density at radius 2 is 1.92 bits per heavy atom. The number of amides is 1. The average Bonchev–Trinajstić information content (AvgIpc) is 2.69. The number of aromatic nitrogens is 2. The van der Waals surface area contributed by atoms with Crippen molar-refractivity contribution in [2.45, 2.75) is 44.6 Å². The normalized spacial score (nSPS) is 14.7. The lowest BCUT2D eigenvalue weighted by molar-refractivity contribution is 0.0922. The Kier molecular flexibility index (Phi) is 6.41. The minimum absolute atomic E-state index is 0.113. The monoisotopic (exact) mass is 354 g/mol. The zero-order valence-corrected chi connectivity index (χ0v) is 15.2. The molecule has 138 valence electrons. The highest BCUT2D eigenvalue weighted by Gasteiger charge is 2.17. The summed E-state index contributed by atoms with van der Waals surface area (Å²) in [6.07, 6.45) is 8.22. The number of methoxy groups -OCH3 is 1. The zero-order chi connectivity index (χ0) is 18.2. The summed E-state index contributed by atoms with van der Waals surface area (Å²) in [5, 5.41) is 6.27. The van der Waals surface area contributed by atoms with Gasteiger partial charge in [-0.05, 0) is 43.0 Å². The summed E-state index contributed by atoms with van der Waals surface area (Å²) >= 11 is 0. The highest BCUT2D eigenvalue weighted by atomic mass is 16.5. The van der Waals surface area contributed by atoms with Crippen LogP contribution in [0.25, 0.3) is 0 Å². The third-order valence-electron chi connectivity index (χ3n) is 4.68. The van der Waals surface area contributed by atoms with Crippen LogP contribution >= 0.6 is 0 Å². The summed E-state index contributed by atoms with van der Waals surface area (Å²) in [5.74, 6) is 1.22. The van der Waals surface area contributed by atoms with Gasteiger partial charge in [-0.2, -0.15) is 0 Å². The Balaban J connectivity index is 1.50. The maximum Gasteiger partial charge on any atom is 0.270 e. The van der Waals surface area contributed by atoms with Gasteiger partial charge >= 0.3 is 0 Å². The van der Waals surface area contributed by atoms with E-state index in [2.05, 4.69) is 20.6 Å². The SMILES string of the molecule is COc1ccc(CCNc2nccc(C(=O)NC3CCCCC3)n2)cc1. The lowest BCUT2D eigenvalue weighted by Crippen LogP contribution is -2.36. The zero-order valence-electron chi connectivity index (χ0n) is 15.2. The number of carbonyl (C=O) groups excluding carboxylic acids is 1. The lowest BCUT2D eigenvalue weighted by atomic mass is 9.95. The number of hydrogen-bond acceptors (Lipinski definition) is 5. The molecule has 0 atom stereocenters. The second kappa shape index (κ2) is 9.17. The molecule has 2 N–H and O–H groups in total. The van der Waals surface area contributed by atoms with Gasteiger partial charge in [-0.15, -0.1) is 0 Å². The highest BCUT2D eigenvalue weighted by molar-refractivity contribution is 5.92. The predicted molar refractivity (Wildman–Crippen MR) is 102 cm³/mol. The number of carbonyl (C=O) groups is 1. The Labute approximate surface area is 154 Å². The smallest absolute Gasteiger partial charge is 0.270 e. The van der Waals surface area contributed by atoms with Crippen LogP contribution in [0.15, 0.2) is 36.5 Å². The molecule has 6 nitrogen and oxygen atoms in total. The largest absolute Gasteiger partial charge is 0.497 e. The molecule has 26 heavy (non-hydrogen) atoms. The molecule has 1 aliphatic rings. The van der Waals surface area contributed by atoms with Crippen molar-refractivity contribution in [3.8, 4) is 5.75 Å². The molecule has 1 aliphatic carbocycles. The van der Waals surface area contributed by atoms with Crippen LogP contribution in [0.4, 0.5) is 5.95 Å². The Morgan fingerprint density at radius 1 is 1.15 bits per heavy atom. The van der Waals surface area contributed by atoms with Crippen molar-refractivity contribution >= 4 is 11.9 Å². The van der Waals surface area contributed by atoms with Crippen LogP contribution in [0.5, 0.6) is 5.75 Å². The number of hydrogen-bond donors (Lipinski definition) is 2. The van der Waals surface area contributed by atoms with E-state index >= 15 is 0 Å². The Hall–Kier alpha value is -2.63. The number of benzene rings is 1. The molecule has 0 spiro atoms. The van der Waals surface area contributed by atoms with Crippen LogP contribution in [-0.4, -0.2) is 35.6 Å². The molecule has 3 rings (SSSR count). The van der Waals surface area contributed by atoms with E-state index in [4.69, 9.17) is 4.74 Å². The van der Waals surface area contributed by atoms with E-state index < -0.39 is 0 Å². The van der Waals surface area contributed by atoms with Gasteiger partial charge in [0.1, 0.15) is 11.4 Å². The molecule has 1 aromatic carbocycles. The first-order valence-corrected chi connectivity index (χ1v) is 9.25. The number of ether oxygens (including phenoxy) is 1. The fraction of sp³-hybridized carbons (Fsp3) is 0.450. The van der Waals surface area contributed by atoms with Gasteiger partial charge < -0.3 is 15.4 Å². The summed E-state index contributed by atoms with van der Waals surface area (Å²) < 4.78 is 5.16. The fourth-order valence-corrected chi connectivity index (χ4v) is 3.19. The minimum Gasteiger partial charge on any atom is -0.497 e. The molecule has 0 unspecified atom stereocenters. The van der Waals surface area contributed by atoms with Crippen molar-refractivity contribution in [1.82, 2.24) is 15.3 Å². The first-order chi connectivity index (χ1) is 12.7. The average molecular weight is 354 g/mol. The molecule has 0 aliphatic heterocycles. The molecule has 1 amide bonds. The van der Waals surface area contributed by atoms with Crippen molar-refractivity contribution < 1.29 is 9.53 Å². The second-order valence-corrected chi connectivity index (χ2v) is 6.60. The molecule has 2 aromatic rings. The Bertz CT molecular complexity index is 712. The van der Waals surface area contributed by atoms with Crippen LogP contribution in [0, 0.1) is 0 Å². The minimum atomic E-state index is -0.113. The lowest BCUT2D eigenvalue weighted by Gasteiger charge is -2.22. The van der Waals surface area contributed by atoms with Crippen LogP contribution in [0.3, 0.4) is 0 Å². The van der Waals surface area contributed by atoms with E-state index in [0.717, 1.165) is 25.0 Å². The molecule has 0 saturated heterocycles. The number of anilines is 1. The highest BCUT2D eigenvalue weighted by Crippen LogP contribution is 2.17. The molecule has 1 aromatic heterocycles. The molecule has 0 bridgehead atoms. The van der Waals surface area contributed by atoms with E-state index in [1.165, 1.54) is 24.8 Å². The molecule has 1 heterocycles. The Morgan fingerprint density at radius 3 is 2.65 bits per heavy atom. The fourth-order valence-electron chi connectivity index (χ4n) is 3.19. The summed E-state index contributed by atoms with van der Waals surface area (Å²) in [5.41, 5.74) is 1.61. The molecule has 1 fully saturated rings. The van der Waals surface area contributed by atoms with Gasteiger partial charge in [0, 0.05) is 18.8 Å². The topological polar surface area (TPSA) is 76.1 Å². The molecular formula is C20H26N4O2. The van der Waals surface area contributed by atoms with Gasteiger partial charge in [-0.25, -0.2) is 9.97 Å². The maximum absolute atomic E-state index is 12.4. The van der Waals surface area contributed by atoms with E-state index in [9.17, 15) is 4.79 Å². The van der Waals surface area contributed by atoms with Crippen LogP contribution in [0.2, 0.25) is 0 Å². The van der Waals surface area contributed by atoms with Crippen molar-refractivity contribution in [3.05, 3.63) is 47.8 Å².